The molecule has 0 aliphatic heterocycles. The van der Waals surface area contributed by atoms with Gasteiger partial charge < -0.3 is 0 Å². The summed E-state index contributed by atoms with van der Waals surface area (Å²) >= 11 is 0. The van der Waals surface area contributed by atoms with E-state index in [1.807, 2.05) is 6.07 Å². The lowest BCUT2D eigenvalue weighted by molar-refractivity contribution is -0.384. The highest BCUT2D eigenvalue weighted by atomic mass is 16.6. The molecule has 0 radical (unpaired) electrons. The summed E-state index contributed by atoms with van der Waals surface area (Å²) in [6.45, 7) is 1.70. The SMILES string of the molecule is Cc1nn2cc(-c3[nH]ncc3[N+](=O)[O-])cnc2c1C#N. The fraction of sp³-hybridized carbons (Fsp3) is 0.0909. The molecule has 98 valence electrons. The Morgan fingerprint density at radius 1 is 1.50 bits per heavy atom. The Balaban J connectivity index is 2.22. The quantitative estimate of drug-likeness (QED) is 0.550. The summed E-state index contributed by atoms with van der Waals surface area (Å²) in [5.41, 5.74) is 1.92. The molecule has 0 aliphatic rings. The highest BCUT2D eigenvalue weighted by Crippen LogP contribution is 2.26. The summed E-state index contributed by atoms with van der Waals surface area (Å²) in [4.78, 5) is 14.5. The van der Waals surface area contributed by atoms with Crippen LogP contribution in [0, 0.1) is 28.4 Å². The predicted molar refractivity (Wildman–Crippen MR) is 66.7 cm³/mol. The van der Waals surface area contributed by atoms with Gasteiger partial charge in [-0.1, -0.05) is 0 Å². The molecule has 0 spiro atoms. The fourth-order valence-electron chi connectivity index (χ4n) is 1.94. The molecule has 0 fully saturated rings. The van der Waals surface area contributed by atoms with Gasteiger partial charge in [0.1, 0.15) is 23.5 Å². The van der Waals surface area contributed by atoms with Crippen molar-refractivity contribution < 1.29 is 4.92 Å². The fourth-order valence-corrected chi connectivity index (χ4v) is 1.94. The van der Waals surface area contributed by atoms with Crippen molar-refractivity contribution in [1.82, 2.24) is 24.8 Å². The Morgan fingerprint density at radius 2 is 2.30 bits per heavy atom. The Hall–Kier alpha value is -3.28. The third kappa shape index (κ3) is 1.59. The zero-order valence-electron chi connectivity index (χ0n) is 10.2. The van der Waals surface area contributed by atoms with Gasteiger partial charge in [-0.25, -0.2) is 9.50 Å². The number of nitriles is 1. The second-order valence-electron chi connectivity index (χ2n) is 4.07. The van der Waals surface area contributed by atoms with Crippen LogP contribution < -0.4 is 0 Å². The number of aromatic nitrogens is 5. The van der Waals surface area contributed by atoms with Crippen LogP contribution in [-0.2, 0) is 0 Å². The monoisotopic (exact) mass is 269 g/mol. The van der Waals surface area contributed by atoms with E-state index in [4.69, 9.17) is 5.26 Å². The maximum atomic E-state index is 10.9. The minimum Gasteiger partial charge on any atom is -0.271 e. The number of fused-ring (bicyclic) bond motifs is 1. The second-order valence-corrected chi connectivity index (χ2v) is 4.07. The molecule has 20 heavy (non-hydrogen) atoms. The van der Waals surface area contributed by atoms with Crippen LogP contribution in [0.2, 0.25) is 0 Å². The third-order valence-electron chi connectivity index (χ3n) is 2.86. The van der Waals surface area contributed by atoms with Gasteiger partial charge in [-0.3, -0.25) is 15.2 Å². The standard InChI is InChI=1S/C11H7N7O2/c1-6-8(2-12)11-13-3-7(5-17(11)16-6)10-9(18(19)20)4-14-15-10/h3-5H,1H3,(H,14,15). The number of aromatic amines is 1. The molecule has 0 aromatic carbocycles. The van der Waals surface area contributed by atoms with Crippen molar-refractivity contribution in [2.24, 2.45) is 0 Å². The van der Waals surface area contributed by atoms with Crippen molar-refractivity contribution in [2.75, 3.05) is 0 Å². The topological polar surface area (TPSA) is 126 Å². The number of H-pyrrole nitrogens is 1. The first kappa shape index (κ1) is 11.8. The lowest BCUT2D eigenvalue weighted by Gasteiger charge is -1.98. The van der Waals surface area contributed by atoms with E-state index in [1.165, 1.54) is 10.7 Å². The third-order valence-corrected chi connectivity index (χ3v) is 2.86. The summed E-state index contributed by atoms with van der Waals surface area (Å²) in [6.07, 6.45) is 4.14. The molecular weight excluding hydrogens is 262 g/mol. The maximum absolute atomic E-state index is 10.9. The number of nitro groups is 1. The molecule has 3 aromatic rings. The van der Waals surface area contributed by atoms with Gasteiger partial charge in [0.15, 0.2) is 5.65 Å². The van der Waals surface area contributed by atoms with Gasteiger partial charge in [0.25, 0.3) is 0 Å². The highest BCUT2D eigenvalue weighted by molar-refractivity contribution is 5.69. The average molecular weight is 269 g/mol. The number of hydrogen-bond acceptors (Lipinski definition) is 6. The van der Waals surface area contributed by atoms with Gasteiger partial charge in [-0.2, -0.15) is 15.5 Å². The zero-order valence-corrected chi connectivity index (χ0v) is 10.2. The van der Waals surface area contributed by atoms with E-state index in [1.54, 1.807) is 13.1 Å². The Bertz CT molecular complexity index is 871. The minimum absolute atomic E-state index is 0.143. The maximum Gasteiger partial charge on any atom is 0.314 e. The van der Waals surface area contributed by atoms with Crippen molar-refractivity contribution in [3.8, 4) is 17.3 Å². The molecule has 0 atom stereocenters. The molecule has 0 unspecified atom stereocenters. The van der Waals surface area contributed by atoms with Crippen LogP contribution in [0.1, 0.15) is 11.3 Å². The lowest BCUT2D eigenvalue weighted by Crippen LogP contribution is -1.95. The summed E-state index contributed by atoms with van der Waals surface area (Å²) in [5, 5.41) is 30.3. The minimum atomic E-state index is -0.530. The molecule has 0 saturated heterocycles. The number of nitrogens with one attached hydrogen (secondary N) is 1. The molecule has 9 nitrogen and oxygen atoms in total. The number of hydrogen-bond donors (Lipinski definition) is 1. The van der Waals surface area contributed by atoms with Gasteiger partial charge in [0, 0.05) is 18.0 Å². The van der Waals surface area contributed by atoms with Gasteiger partial charge >= 0.3 is 5.69 Å². The van der Waals surface area contributed by atoms with Crippen molar-refractivity contribution in [2.45, 2.75) is 6.92 Å². The lowest BCUT2D eigenvalue weighted by atomic mass is 10.2. The molecule has 0 amide bonds. The first-order chi connectivity index (χ1) is 9.61. The van der Waals surface area contributed by atoms with Crippen LogP contribution in [0.5, 0.6) is 0 Å². The van der Waals surface area contributed by atoms with E-state index in [-0.39, 0.29) is 11.4 Å². The molecule has 9 heteroatoms. The van der Waals surface area contributed by atoms with Crippen molar-refractivity contribution in [1.29, 1.82) is 5.26 Å². The van der Waals surface area contributed by atoms with E-state index in [9.17, 15) is 10.1 Å². The molecule has 0 saturated carbocycles. The van der Waals surface area contributed by atoms with E-state index >= 15 is 0 Å². The molecule has 1 N–H and O–H groups in total. The van der Waals surface area contributed by atoms with Crippen molar-refractivity contribution in [3.05, 3.63) is 40.0 Å². The molecule has 3 rings (SSSR count). The Morgan fingerprint density at radius 3 is 3.00 bits per heavy atom. The van der Waals surface area contributed by atoms with Crippen LogP contribution in [0.25, 0.3) is 16.9 Å². The summed E-state index contributed by atoms with van der Waals surface area (Å²) in [7, 11) is 0. The average Bonchev–Trinajstić information content (AvgIpc) is 3.00. The molecule has 0 aliphatic carbocycles. The van der Waals surface area contributed by atoms with E-state index in [2.05, 4.69) is 20.3 Å². The van der Waals surface area contributed by atoms with Crippen LogP contribution in [0.15, 0.2) is 18.6 Å². The summed E-state index contributed by atoms with van der Waals surface area (Å²) in [6, 6.07) is 2.03. The van der Waals surface area contributed by atoms with Crippen LogP contribution in [0.4, 0.5) is 5.69 Å². The van der Waals surface area contributed by atoms with Crippen molar-refractivity contribution in [3.63, 3.8) is 0 Å². The van der Waals surface area contributed by atoms with E-state index in [0.717, 1.165) is 6.20 Å². The molecule has 3 heterocycles. The second kappa shape index (κ2) is 4.13. The predicted octanol–water partition coefficient (Wildman–Crippen LogP) is 1.21. The first-order valence-electron chi connectivity index (χ1n) is 5.55. The number of nitrogens with zero attached hydrogens (tertiary/aromatic N) is 6. The van der Waals surface area contributed by atoms with Crippen LogP contribution in [-0.4, -0.2) is 29.7 Å². The molecule has 0 bridgehead atoms. The largest absolute Gasteiger partial charge is 0.314 e. The van der Waals surface area contributed by atoms with Gasteiger partial charge in [-0.05, 0) is 6.92 Å². The summed E-state index contributed by atoms with van der Waals surface area (Å²) in [5.74, 6) is 0. The van der Waals surface area contributed by atoms with E-state index < -0.39 is 4.92 Å². The number of aryl methyl sites for hydroxylation is 1. The van der Waals surface area contributed by atoms with Gasteiger partial charge in [0.05, 0.1) is 10.6 Å². The van der Waals surface area contributed by atoms with Crippen LogP contribution >= 0.6 is 0 Å². The normalized spacial score (nSPS) is 10.6. The zero-order chi connectivity index (χ0) is 14.3. The van der Waals surface area contributed by atoms with E-state index in [0.29, 0.717) is 22.5 Å². The highest BCUT2D eigenvalue weighted by Gasteiger charge is 2.19. The van der Waals surface area contributed by atoms with Gasteiger partial charge in [-0.15, -0.1) is 0 Å². The smallest absolute Gasteiger partial charge is 0.271 e. The molecule has 3 aromatic heterocycles. The number of rotatable bonds is 2. The Kier molecular flexibility index (Phi) is 2.43. The van der Waals surface area contributed by atoms with Gasteiger partial charge in [0.2, 0.25) is 0 Å². The summed E-state index contributed by atoms with van der Waals surface area (Å²) < 4.78 is 1.42. The molecular formula is C11H7N7O2. The first-order valence-corrected chi connectivity index (χ1v) is 5.55. The van der Waals surface area contributed by atoms with Crippen molar-refractivity contribution >= 4 is 11.3 Å². The van der Waals surface area contributed by atoms with Crippen LogP contribution in [0.3, 0.4) is 0 Å². The Labute approximate surface area is 111 Å².